The normalized spacial score (nSPS) is 27.3. The van der Waals surface area contributed by atoms with Crippen molar-refractivity contribution in [2.75, 3.05) is 6.61 Å². The number of aliphatic hydroxyl groups excluding tert-OH is 1. The van der Waals surface area contributed by atoms with Crippen LogP contribution >= 0.6 is 0 Å². The maximum atomic E-state index is 13.5. The molecule has 2 bridgehead atoms. The molecule has 7 nitrogen and oxygen atoms in total. The van der Waals surface area contributed by atoms with Crippen LogP contribution in [-0.4, -0.2) is 44.2 Å². The van der Waals surface area contributed by atoms with E-state index in [1.54, 1.807) is 6.20 Å². The maximum absolute atomic E-state index is 13.5. The van der Waals surface area contributed by atoms with E-state index in [0.29, 0.717) is 18.7 Å². The second kappa shape index (κ2) is 8.64. The van der Waals surface area contributed by atoms with Gasteiger partial charge in [0.2, 0.25) is 5.91 Å². The summed E-state index contributed by atoms with van der Waals surface area (Å²) in [5.41, 5.74) is 2.52. The molecule has 3 aliphatic rings. The Bertz CT molecular complexity index is 1080. The van der Waals surface area contributed by atoms with Gasteiger partial charge in [-0.2, -0.15) is 0 Å². The number of rotatable bonds is 6. The fraction of sp³-hybridized carbons (Fsp3) is 0.480. The molecule has 2 aliphatic heterocycles. The number of allylic oxidation sites excluding steroid dienone is 1. The van der Waals surface area contributed by atoms with Gasteiger partial charge in [0.25, 0.3) is 5.56 Å². The van der Waals surface area contributed by atoms with Crippen LogP contribution in [0.5, 0.6) is 0 Å². The van der Waals surface area contributed by atoms with Crippen LogP contribution in [0.15, 0.2) is 47.5 Å². The highest BCUT2D eigenvalue weighted by atomic mass is 16.3. The summed E-state index contributed by atoms with van der Waals surface area (Å²) in [4.78, 5) is 33.2. The molecular formula is C25H30N4O3. The minimum Gasteiger partial charge on any atom is -0.396 e. The summed E-state index contributed by atoms with van der Waals surface area (Å²) in [5, 5.41) is 13.6. The smallest absolute Gasteiger partial charge is 0.258 e. The van der Waals surface area contributed by atoms with E-state index in [1.165, 1.54) is 0 Å². The van der Waals surface area contributed by atoms with E-state index < -0.39 is 5.92 Å². The third-order valence-corrected chi connectivity index (χ3v) is 7.39. The van der Waals surface area contributed by atoms with Crippen molar-refractivity contribution in [1.29, 1.82) is 0 Å². The summed E-state index contributed by atoms with van der Waals surface area (Å²) in [6.07, 6.45) is 10.4. The number of nitrogens with zero attached hydrogens (tertiary/aromatic N) is 3. The zero-order chi connectivity index (χ0) is 22.2. The Morgan fingerprint density at radius 2 is 2.16 bits per heavy atom. The molecule has 1 amide bonds. The zero-order valence-electron chi connectivity index (χ0n) is 18.4. The van der Waals surface area contributed by atoms with Crippen molar-refractivity contribution >= 4 is 12.0 Å². The van der Waals surface area contributed by atoms with E-state index >= 15 is 0 Å². The van der Waals surface area contributed by atoms with E-state index in [9.17, 15) is 14.7 Å². The average molecular weight is 435 g/mol. The third kappa shape index (κ3) is 3.49. The van der Waals surface area contributed by atoms with Gasteiger partial charge in [0.1, 0.15) is 0 Å². The topological polar surface area (TPSA) is 87.5 Å². The monoisotopic (exact) mass is 434 g/mol. The summed E-state index contributed by atoms with van der Waals surface area (Å²) >= 11 is 0. The predicted octanol–water partition coefficient (Wildman–Crippen LogP) is 2.11. The molecule has 5 rings (SSSR count). The van der Waals surface area contributed by atoms with Crippen molar-refractivity contribution < 1.29 is 9.90 Å². The maximum Gasteiger partial charge on any atom is 0.258 e. The highest BCUT2D eigenvalue weighted by Crippen LogP contribution is 2.49. The van der Waals surface area contributed by atoms with Crippen LogP contribution in [0.4, 0.5) is 0 Å². The lowest BCUT2D eigenvalue weighted by Gasteiger charge is -2.38. The zero-order valence-corrected chi connectivity index (χ0v) is 18.4. The molecule has 168 valence electrons. The molecule has 1 saturated carbocycles. The summed E-state index contributed by atoms with van der Waals surface area (Å²) in [7, 11) is 0. The van der Waals surface area contributed by atoms with Crippen LogP contribution in [0, 0.1) is 11.8 Å². The quantitative estimate of drug-likeness (QED) is 0.727. The lowest BCUT2D eigenvalue weighted by Crippen LogP contribution is -2.47. The van der Waals surface area contributed by atoms with Gasteiger partial charge < -0.3 is 15.0 Å². The number of aliphatic hydroxyl groups is 1. The number of aromatic nitrogens is 2. The van der Waals surface area contributed by atoms with Gasteiger partial charge >= 0.3 is 0 Å². The van der Waals surface area contributed by atoms with Gasteiger partial charge in [0.05, 0.1) is 12.0 Å². The second-order valence-corrected chi connectivity index (χ2v) is 9.18. The minimum atomic E-state index is -0.400. The molecular weight excluding hydrogens is 404 g/mol. The predicted molar refractivity (Wildman–Crippen MR) is 122 cm³/mol. The second-order valence-electron chi connectivity index (χ2n) is 9.18. The first-order valence-electron chi connectivity index (χ1n) is 11.5. The standard InChI is InChI=1S/C25H30N4O3/c1-2-5-17-9-10-20-23-22(24(31)27-18-7-3-8-18)19(15-30)21(14-29(20)25(17)32)28(23)13-16-6-4-11-26-12-16/h2,4-6,9-12,18-19,21-23,30H,3,7-8,13-15H2,1H3,(H,27,31)/b5-2-/t19-,21-,22+,23+/m1/s1. The fourth-order valence-corrected chi connectivity index (χ4v) is 5.62. The number of hydrogen-bond donors (Lipinski definition) is 2. The molecule has 2 aromatic heterocycles. The van der Waals surface area contributed by atoms with Gasteiger partial charge in [-0.3, -0.25) is 19.5 Å². The van der Waals surface area contributed by atoms with Crippen molar-refractivity contribution in [3.05, 3.63) is 69.9 Å². The molecule has 4 heterocycles. The van der Waals surface area contributed by atoms with Gasteiger partial charge in [-0.25, -0.2) is 0 Å². The minimum absolute atomic E-state index is 0.00383. The number of carbonyl (C=O) groups is 1. The van der Waals surface area contributed by atoms with Crippen molar-refractivity contribution in [3.8, 4) is 0 Å². The van der Waals surface area contributed by atoms with Crippen molar-refractivity contribution in [2.24, 2.45) is 11.8 Å². The highest BCUT2D eigenvalue weighted by Gasteiger charge is 2.55. The lowest BCUT2D eigenvalue weighted by atomic mass is 9.85. The first-order chi connectivity index (χ1) is 15.6. The van der Waals surface area contributed by atoms with Crippen molar-refractivity contribution in [3.63, 3.8) is 0 Å². The van der Waals surface area contributed by atoms with Crippen molar-refractivity contribution in [2.45, 2.75) is 57.4 Å². The SMILES string of the molecule is C/C=C\c1ccc2n(c1=O)C[C@@H]1[C@@H](CO)[C@H](C(=O)NC3CCC3)[C@H]2N1Cc1cccnc1. The largest absolute Gasteiger partial charge is 0.396 e. The first kappa shape index (κ1) is 21.1. The molecule has 0 unspecified atom stereocenters. The molecule has 0 radical (unpaired) electrons. The Labute approximate surface area is 187 Å². The van der Waals surface area contributed by atoms with Crippen molar-refractivity contribution in [1.82, 2.24) is 19.8 Å². The summed E-state index contributed by atoms with van der Waals surface area (Å²) in [6.45, 7) is 2.90. The van der Waals surface area contributed by atoms with E-state index in [4.69, 9.17) is 0 Å². The number of amides is 1. The molecule has 0 spiro atoms. The Balaban J connectivity index is 1.58. The fourth-order valence-electron chi connectivity index (χ4n) is 5.62. The van der Waals surface area contributed by atoms with Crippen LogP contribution in [0.1, 0.15) is 49.0 Å². The lowest BCUT2D eigenvalue weighted by molar-refractivity contribution is -0.128. The first-order valence-corrected chi connectivity index (χ1v) is 11.5. The van der Waals surface area contributed by atoms with E-state index in [-0.39, 0.29) is 42.1 Å². The van der Waals surface area contributed by atoms with E-state index in [0.717, 1.165) is 30.5 Å². The molecule has 4 atom stereocenters. The molecule has 1 aliphatic carbocycles. The Morgan fingerprint density at radius 1 is 1.31 bits per heavy atom. The molecule has 32 heavy (non-hydrogen) atoms. The van der Waals surface area contributed by atoms with Gasteiger partial charge in [-0.1, -0.05) is 18.2 Å². The number of hydrogen-bond acceptors (Lipinski definition) is 5. The van der Waals surface area contributed by atoms with Crippen LogP contribution in [-0.2, 0) is 17.9 Å². The molecule has 1 saturated heterocycles. The number of pyridine rings is 2. The number of carbonyl (C=O) groups excluding carboxylic acids is 1. The summed E-state index contributed by atoms with van der Waals surface area (Å²) in [6, 6.07) is 7.63. The van der Waals surface area contributed by atoms with Crippen LogP contribution in [0.25, 0.3) is 6.08 Å². The highest BCUT2D eigenvalue weighted by molar-refractivity contribution is 5.81. The summed E-state index contributed by atoms with van der Waals surface area (Å²) < 4.78 is 1.82. The Hall–Kier alpha value is -2.77. The number of fused-ring (bicyclic) bond motifs is 4. The summed E-state index contributed by atoms with van der Waals surface area (Å²) in [5.74, 6) is -0.639. The number of nitrogens with one attached hydrogen (secondary N) is 1. The van der Waals surface area contributed by atoms with E-state index in [2.05, 4.69) is 15.2 Å². The molecule has 7 heteroatoms. The van der Waals surface area contributed by atoms with Gasteiger partial charge in [-0.05, 0) is 49.9 Å². The van der Waals surface area contributed by atoms with Gasteiger partial charge in [-0.15, -0.1) is 0 Å². The Morgan fingerprint density at radius 3 is 2.81 bits per heavy atom. The molecule has 2 aromatic rings. The van der Waals surface area contributed by atoms with E-state index in [1.807, 2.05) is 54.1 Å². The van der Waals surface area contributed by atoms with Crippen LogP contribution in [0.3, 0.4) is 0 Å². The Kier molecular flexibility index (Phi) is 5.69. The van der Waals surface area contributed by atoms with Gasteiger partial charge in [0.15, 0.2) is 0 Å². The van der Waals surface area contributed by atoms with Crippen LogP contribution in [0.2, 0.25) is 0 Å². The average Bonchev–Trinajstić information content (AvgIpc) is 2.98. The third-order valence-electron chi connectivity index (χ3n) is 7.39. The van der Waals surface area contributed by atoms with Crippen LogP contribution < -0.4 is 10.9 Å². The molecule has 2 N–H and O–H groups in total. The molecule has 0 aromatic carbocycles. The van der Waals surface area contributed by atoms with Gasteiger partial charge in [0, 0.05) is 61.3 Å². The molecule has 2 fully saturated rings.